The van der Waals surface area contributed by atoms with Crippen LogP contribution in [0.15, 0.2) is 41.1 Å². The molecule has 4 rings (SSSR count). The summed E-state index contributed by atoms with van der Waals surface area (Å²) in [7, 11) is 0. The molecule has 21 heavy (non-hydrogen) atoms. The van der Waals surface area contributed by atoms with Gasteiger partial charge in [0.2, 0.25) is 0 Å². The Morgan fingerprint density at radius 2 is 1.86 bits per heavy atom. The molecule has 0 bridgehead atoms. The van der Waals surface area contributed by atoms with Crippen LogP contribution in [-0.4, -0.2) is 32.8 Å². The molecule has 1 aromatic carbocycles. The summed E-state index contributed by atoms with van der Waals surface area (Å²) >= 11 is 3.43. The lowest BCUT2D eigenvalue weighted by Gasteiger charge is -2.40. The van der Waals surface area contributed by atoms with Gasteiger partial charge in [-0.05, 0) is 35.0 Å². The van der Waals surface area contributed by atoms with Gasteiger partial charge in [-0.25, -0.2) is 9.97 Å². The Hall–Kier alpha value is -1.95. The van der Waals surface area contributed by atoms with E-state index < -0.39 is 0 Å². The van der Waals surface area contributed by atoms with Crippen molar-refractivity contribution in [3.05, 3.63) is 46.8 Å². The van der Waals surface area contributed by atoms with E-state index in [2.05, 4.69) is 30.9 Å². The molecular weight excluding hydrogens is 330 g/mol. The van der Waals surface area contributed by atoms with Crippen molar-refractivity contribution in [3.63, 3.8) is 0 Å². The fraction of sp³-hybridized carbons (Fsp3) is 0.267. The Kier molecular flexibility index (Phi) is 2.92. The standard InChI is InChI=1S/C15H14BrN5/c1-10-15(19-14-5-3-2-4-13(14)18-10)20-8-12(9-20)21-7-11(16)6-17-21/h2-7,12H,8-9H2,1H3. The molecule has 1 aliphatic heterocycles. The summed E-state index contributed by atoms with van der Waals surface area (Å²) < 4.78 is 3.02. The van der Waals surface area contributed by atoms with Crippen molar-refractivity contribution in [2.75, 3.05) is 18.0 Å². The highest BCUT2D eigenvalue weighted by Crippen LogP contribution is 2.29. The maximum atomic E-state index is 4.75. The summed E-state index contributed by atoms with van der Waals surface area (Å²) in [5.41, 5.74) is 2.88. The van der Waals surface area contributed by atoms with Crippen LogP contribution in [0.2, 0.25) is 0 Å². The molecular formula is C15H14BrN5. The maximum absolute atomic E-state index is 4.75. The summed E-state index contributed by atoms with van der Waals surface area (Å²) in [5.74, 6) is 0.983. The highest BCUT2D eigenvalue weighted by Gasteiger charge is 2.31. The van der Waals surface area contributed by atoms with Crippen LogP contribution in [0.4, 0.5) is 5.82 Å². The van der Waals surface area contributed by atoms with E-state index in [0.717, 1.165) is 40.1 Å². The van der Waals surface area contributed by atoms with Crippen LogP contribution in [0.3, 0.4) is 0 Å². The van der Waals surface area contributed by atoms with Gasteiger partial charge in [0, 0.05) is 19.3 Å². The van der Waals surface area contributed by atoms with Crippen molar-refractivity contribution in [2.24, 2.45) is 0 Å². The van der Waals surface area contributed by atoms with Crippen LogP contribution in [-0.2, 0) is 0 Å². The topological polar surface area (TPSA) is 46.8 Å². The highest BCUT2D eigenvalue weighted by atomic mass is 79.9. The second-order valence-electron chi connectivity index (χ2n) is 5.32. The lowest BCUT2D eigenvalue weighted by molar-refractivity contribution is 0.365. The molecule has 0 amide bonds. The minimum Gasteiger partial charge on any atom is -0.351 e. The summed E-state index contributed by atoms with van der Waals surface area (Å²) in [5, 5.41) is 4.35. The molecule has 2 aromatic heterocycles. The number of hydrogen-bond donors (Lipinski definition) is 0. The van der Waals surface area contributed by atoms with E-state index in [1.807, 2.05) is 48.3 Å². The molecule has 0 spiro atoms. The molecule has 0 unspecified atom stereocenters. The molecule has 0 N–H and O–H groups in total. The molecule has 6 heteroatoms. The summed E-state index contributed by atoms with van der Waals surface area (Å²) in [6.07, 6.45) is 3.84. The predicted octanol–water partition coefficient (Wildman–Crippen LogP) is 2.96. The van der Waals surface area contributed by atoms with E-state index in [4.69, 9.17) is 4.98 Å². The number of halogens is 1. The van der Waals surface area contributed by atoms with Crippen molar-refractivity contribution in [2.45, 2.75) is 13.0 Å². The molecule has 1 fully saturated rings. The Morgan fingerprint density at radius 3 is 2.52 bits per heavy atom. The van der Waals surface area contributed by atoms with Crippen LogP contribution in [0, 0.1) is 6.92 Å². The van der Waals surface area contributed by atoms with Gasteiger partial charge in [0.1, 0.15) is 0 Å². The molecule has 0 radical (unpaired) electrons. The van der Waals surface area contributed by atoms with Gasteiger partial charge >= 0.3 is 0 Å². The molecule has 106 valence electrons. The number of nitrogens with zero attached hydrogens (tertiary/aromatic N) is 5. The summed E-state index contributed by atoms with van der Waals surface area (Å²) in [4.78, 5) is 11.7. The van der Waals surface area contributed by atoms with Crippen molar-refractivity contribution in [1.82, 2.24) is 19.7 Å². The van der Waals surface area contributed by atoms with E-state index in [9.17, 15) is 0 Å². The quantitative estimate of drug-likeness (QED) is 0.717. The molecule has 1 saturated heterocycles. The fourth-order valence-electron chi connectivity index (χ4n) is 2.69. The first-order chi connectivity index (χ1) is 10.2. The van der Waals surface area contributed by atoms with Crippen molar-refractivity contribution < 1.29 is 0 Å². The van der Waals surface area contributed by atoms with Crippen molar-refractivity contribution in [1.29, 1.82) is 0 Å². The number of aryl methyl sites for hydroxylation is 1. The van der Waals surface area contributed by atoms with Gasteiger partial charge in [-0.1, -0.05) is 12.1 Å². The highest BCUT2D eigenvalue weighted by molar-refractivity contribution is 9.10. The van der Waals surface area contributed by atoms with Gasteiger partial charge < -0.3 is 4.90 Å². The maximum Gasteiger partial charge on any atom is 0.150 e. The fourth-order valence-corrected chi connectivity index (χ4v) is 2.99. The SMILES string of the molecule is Cc1nc2ccccc2nc1N1CC(n2cc(Br)cn2)C1. The smallest absolute Gasteiger partial charge is 0.150 e. The minimum absolute atomic E-state index is 0.406. The number of anilines is 1. The van der Waals surface area contributed by atoms with Crippen LogP contribution < -0.4 is 4.90 Å². The largest absolute Gasteiger partial charge is 0.351 e. The zero-order valence-corrected chi connectivity index (χ0v) is 13.2. The van der Waals surface area contributed by atoms with Crippen LogP contribution in [0.1, 0.15) is 11.7 Å². The molecule has 0 aliphatic carbocycles. The van der Waals surface area contributed by atoms with Crippen LogP contribution >= 0.6 is 15.9 Å². The third kappa shape index (κ3) is 2.19. The summed E-state index contributed by atoms with van der Waals surface area (Å²) in [6.45, 7) is 3.86. The third-order valence-electron chi connectivity index (χ3n) is 3.83. The molecule has 0 atom stereocenters. The second-order valence-corrected chi connectivity index (χ2v) is 6.23. The van der Waals surface area contributed by atoms with Crippen molar-refractivity contribution in [3.8, 4) is 0 Å². The zero-order valence-electron chi connectivity index (χ0n) is 11.6. The van der Waals surface area contributed by atoms with Gasteiger partial charge in [0.25, 0.3) is 0 Å². The number of fused-ring (bicyclic) bond motifs is 1. The zero-order chi connectivity index (χ0) is 14.4. The number of benzene rings is 1. The van der Waals surface area contributed by atoms with E-state index in [1.165, 1.54) is 0 Å². The average molecular weight is 344 g/mol. The average Bonchev–Trinajstić information content (AvgIpc) is 2.84. The molecule has 5 nitrogen and oxygen atoms in total. The van der Waals surface area contributed by atoms with Crippen LogP contribution in [0.25, 0.3) is 11.0 Å². The molecule has 0 saturated carbocycles. The van der Waals surface area contributed by atoms with Gasteiger partial charge in [0.15, 0.2) is 5.82 Å². The predicted molar refractivity (Wildman–Crippen MR) is 85.5 cm³/mol. The normalized spacial score (nSPS) is 15.4. The number of hydrogen-bond acceptors (Lipinski definition) is 4. The second kappa shape index (κ2) is 4.80. The van der Waals surface area contributed by atoms with Crippen LogP contribution in [0.5, 0.6) is 0 Å². The lowest BCUT2D eigenvalue weighted by Crippen LogP contribution is -2.48. The molecule has 3 aromatic rings. The first-order valence-corrected chi connectivity index (χ1v) is 7.68. The van der Waals surface area contributed by atoms with Crippen molar-refractivity contribution >= 4 is 32.8 Å². The number of para-hydroxylation sites is 2. The van der Waals surface area contributed by atoms with E-state index in [0.29, 0.717) is 6.04 Å². The number of rotatable bonds is 2. The van der Waals surface area contributed by atoms with Gasteiger partial charge in [-0.3, -0.25) is 4.68 Å². The summed E-state index contributed by atoms with van der Waals surface area (Å²) in [6, 6.07) is 8.40. The number of aromatic nitrogens is 4. The third-order valence-corrected chi connectivity index (χ3v) is 4.24. The first-order valence-electron chi connectivity index (χ1n) is 6.89. The Balaban J connectivity index is 1.59. The molecule has 1 aliphatic rings. The Labute approximate surface area is 130 Å². The Bertz CT molecular complexity index is 807. The van der Waals surface area contributed by atoms with Gasteiger partial charge in [-0.15, -0.1) is 0 Å². The van der Waals surface area contributed by atoms with Gasteiger partial charge in [-0.2, -0.15) is 5.10 Å². The van der Waals surface area contributed by atoms with E-state index in [-0.39, 0.29) is 0 Å². The first kappa shape index (κ1) is 12.8. The van der Waals surface area contributed by atoms with E-state index >= 15 is 0 Å². The lowest BCUT2D eigenvalue weighted by atomic mass is 10.1. The minimum atomic E-state index is 0.406. The van der Waals surface area contributed by atoms with Gasteiger partial charge in [0.05, 0.1) is 33.4 Å². The monoisotopic (exact) mass is 343 g/mol. The molecule has 3 heterocycles. The van der Waals surface area contributed by atoms with E-state index in [1.54, 1.807) is 0 Å². The Morgan fingerprint density at radius 1 is 1.14 bits per heavy atom.